The number of cyclic esters (lactones) is 1. The van der Waals surface area contributed by atoms with E-state index < -0.39 is 23.5 Å². The monoisotopic (exact) mass is 340 g/mol. The Morgan fingerprint density at radius 3 is 2.33 bits per heavy atom. The molecule has 0 fully saturated rings. The molecule has 1 aliphatic heterocycles. The molecule has 0 radical (unpaired) electrons. The number of hydrogen-bond donors (Lipinski definition) is 0. The average Bonchev–Trinajstić information content (AvgIpc) is 2.45. The summed E-state index contributed by atoms with van der Waals surface area (Å²) in [7, 11) is 1.30. The average molecular weight is 342 g/mol. The van der Waals surface area contributed by atoms with Crippen molar-refractivity contribution in [2.75, 3.05) is 7.11 Å². The maximum absolute atomic E-state index is 11.5. The van der Waals surface area contributed by atoms with Crippen molar-refractivity contribution in [2.45, 2.75) is 20.0 Å². The Balaban J connectivity index is 3.02. The van der Waals surface area contributed by atoms with Gasteiger partial charge in [0.1, 0.15) is 9.90 Å². The fourth-order valence-electron chi connectivity index (χ4n) is 1.26. The zero-order valence-corrected chi connectivity index (χ0v) is 11.6. The summed E-state index contributed by atoms with van der Waals surface area (Å²) in [6, 6.07) is 0. The highest BCUT2D eigenvalue weighted by Gasteiger charge is 2.47. The van der Waals surface area contributed by atoms with E-state index in [0.717, 1.165) is 0 Å². The van der Waals surface area contributed by atoms with Gasteiger partial charge >= 0.3 is 11.9 Å². The highest BCUT2D eigenvalue weighted by molar-refractivity contribution is 9.14. The zero-order chi connectivity index (χ0) is 11.8. The van der Waals surface area contributed by atoms with Crippen LogP contribution < -0.4 is 0 Å². The van der Waals surface area contributed by atoms with Crippen molar-refractivity contribution in [1.82, 2.24) is 0 Å². The molecule has 0 amide bonds. The van der Waals surface area contributed by atoms with Gasteiger partial charge < -0.3 is 9.47 Å². The van der Waals surface area contributed by atoms with E-state index in [9.17, 15) is 9.59 Å². The van der Waals surface area contributed by atoms with E-state index >= 15 is 0 Å². The smallest absolute Gasteiger partial charge is 0.346 e. The van der Waals surface area contributed by atoms with Crippen molar-refractivity contribution in [3.05, 3.63) is 8.96 Å². The minimum absolute atomic E-state index is 0.310. The van der Waals surface area contributed by atoms with E-state index in [1.807, 2.05) is 0 Å². The molecule has 4 nitrogen and oxygen atoms in total. The number of esters is 2. The minimum Gasteiger partial charge on any atom is -0.468 e. The van der Waals surface area contributed by atoms with Crippen LogP contribution in [-0.2, 0) is 19.1 Å². The summed E-state index contributed by atoms with van der Waals surface area (Å²) in [5.41, 5.74) is -0.918. The molecule has 0 aromatic carbocycles. The third-order valence-corrected chi connectivity index (χ3v) is 4.31. The van der Waals surface area contributed by atoms with Crippen LogP contribution in [0.5, 0.6) is 0 Å². The normalized spacial score (nSPS) is 21.7. The summed E-state index contributed by atoms with van der Waals surface area (Å²) >= 11 is 6.30. The Labute approximate surface area is 104 Å². The topological polar surface area (TPSA) is 52.6 Å². The number of carbonyl (C=O) groups is 2. The van der Waals surface area contributed by atoms with Gasteiger partial charge in [-0.15, -0.1) is 0 Å². The first-order valence-corrected chi connectivity index (χ1v) is 5.75. The van der Waals surface area contributed by atoms with Gasteiger partial charge in [0.05, 0.1) is 11.6 Å². The number of methoxy groups -OCH3 is 1. The summed E-state index contributed by atoms with van der Waals surface area (Å²) in [5.74, 6) is -0.914. The molecule has 0 saturated heterocycles. The molecule has 0 saturated carbocycles. The van der Waals surface area contributed by atoms with Gasteiger partial charge in [0.25, 0.3) is 0 Å². The number of rotatable bonds is 2. The Hall–Kier alpha value is -0.360. The quantitative estimate of drug-likeness (QED) is 0.722. The lowest BCUT2D eigenvalue weighted by atomic mass is 9.87. The van der Waals surface area contributed by atoms with Gasteiger partial charge in [-0.2, -0.15) is 0 Å². The summed E-state index contributed by atoms with van der Waals surface area (Å²) in [6.45, 7) is 3.31. The molecular weight excluding hydrogens is 332 g/mol. The Morgan fingerprint density at radius 1 is 1.47 bits per heavy atom. The molecule has 0 aromatic rings. The molecule has 6 heteroatoms. The molecule has 1 atom stereocenters. The largest absolute Gasteiger partial charge is 0.468 e. The van der Waals surface area contributed by atoms with E-state index in [2.05, 4.69) is 36.6 Å². The number of ether oxygens (including phenoxy) is 2. The second-order valence-corrected chi connectivity index (χ2v) is 5.31. The van der Waals surface area contributed by atoms with Crippen LogP contribution in [0.1, 0.15) is 13.8 Å². The minimum atomic E-state index is -0.918. The molecule has 15 heavy (non-hydrogen) atoms. The molecule has 0 spiro atoms. The van der Waals surface area contributed by atoms with E-state index in [-0.39, 0.29) is 0 Å². The van der Waals surface area contributed by atoms with Crippen LogP contribution in [0.2, 0.25) is 0 Å². The fourth-order valence-corrected chi connectivity index (χ4v) is 2.39. The van der Waals surface area contributed by atoms with Gasteiger partial charge in [-0.3, -0.25) is 4.79 Å². The van der Waals surface area contributed by atoms with Crippen LogP contribution in [0.25, 0.3) is 0 Å². The van der Waals surface area contributed by atoms with Crippen LogP contribution in [0.15, 0.2) is 8.96 Å². The molecule has 0 bridgehead atoms. The van der Waals surface area contributed by atoms with Gasteiger partial charge in [0, 0.05) is 0 Å². The third kappa shape index (κ3) is 2.10. The predicted molar refractivity (Wildman–Crippen MR) is 60.6 cm³/mol. The Kier molecular flexibility index (Phi) is 3.60. The van der Waals surface area contributed by atoms with Crippen molar-refractivity contribution >= 4 is 43.8 Å². The number of carbonyl (C=O) groups excluding carboxylic acids is 2. The summed E-state index contributed by atoms with van der Waals surface area (Å²) < 4.78 is 10.6. The number of halogens is 2. The maximum Gasteiger partial charge on any atom is 0.346 e. The maximum atomic E-state index is 11.5. The molecule has 84 valence electrons. The van der Waals surface area contributed by atoms with Gasteiger partial charge in [-0.05, 0) is 29.8 Å². The van der Waals surface area contributed by atoms with Crippen LogP contribution in [0.3, 0.4) is 0 Å². The standard InChI is InChI=1S/C9H10Br2O4/c1-9(2,8(13)14-3)6-4(10)5(11)7(12)15-6/h6H,1-3H3. The summed E-state index contributed by atoms with van der Waals surface area (Å²) in [5, 5.41) is 0. The van der Waals surface area contributed by atoms with Crippen molar-refractivity contribution in [3.63, 3.8) is 0 Å². The lowest BCUT2D eigenvalue weighted by Gasteiger charge is -2.27. The molecule has 0 N–H and O–H groups in total. The van der Waals surface area contributed by atoms with Gasteiger partial charge in [-0.1, -0.05) is 15.9 Å². The molecule has 1 rings (SSSR count). The van der Waals surface area contributed by atoms with Crippen LogP contribution >= 0.6 is 31.9 Å². The first-order chi connectivity index (χ1) is 6.82. The van der Waals surface area contributed by atoms with Crippen molar-refractivity contribution in [2.24, 2.45) is 5.41 Å². The van der Waals surface area contributed by atoms with E-state index in [4.69, 9.17) is 4.74 Å². The highest BCUT2D eigenvalue weighted by atomic mass is 79.9. The lowest BCUT2D eigenvalue weighted by Crippen LogP contribution is -2.38. The Morgan fingerprint density at radius 2 is 2.00 bits per heavy atom. The SMILES string of the molecule is COC(=O)C(C)(C)C1OC(=O)C(Br)=C1Br. The molecule has 1 unspecified atom stereocenters. The van der Waals surface area contributed by atoms with Crippen molar-refractivity contribution in [3.8, 4) is 0 Å². The Bertz CT molecular complexity index is 346. The second-order valence-electron chi connectivity index (χ2n) is 3.66. The molecule has 0 aliphatic carbocycles. The number of hydrogen-bond acceptors (Lipinski definition) is 4. The fraction of sp³-hybridized carbons (Fsp3) is 0.556. The molecule has 0 aromatic heterocycles. The first-order valence-electron chi connectivity index (χ1n) is 4.17. The van der Waals surface area contributed by atoms with Gasteiger partial charge in [-0.25, -0.2) is 4.79 Å². The second kappa shape index (κ2) is 4.25. The highest BCUT2D eigenvalue weighted by Crippen LogP contribution is 2.41. The predicted octanol–water partition coefficient (Wildman–Crippen LogP) is 2.11. The third-order valence-electron chi connectivity index (χ3n) is 2.21. The zero-order valence-electron chi connectivity index (χ0n) is 8.47. The lowest BCUT2D eigenvalue weighted by molar-refractivity contribution is -0.160. The van der Waals surface area contributed by atoms with E-state index in [1.54, 1.807) is 13.8 Å². The van der Waals surface area contributed by atoms with Crippen molar-refractivity contribution < 1.29 is 19.1 Å². The van der Waals surface area contributed by atoms with Crippen LogP contribution in [-0.4, -0.2) is 25.2 Å². The first kappa shape index (κ1) is 12.7. The van der Waals surface area contributed by atoms with E-state index in [1.165, 1.54) is 7.11 Å². The van der Waals surface area contributed by atoms with E-state index in [0.29, 0.717) is 8.96 Å². The summed E-state index contributed by atoms with van der Waals surface area (Å²) in [6.07, 6.45) is -0.646. The van der Waals surface area contributed by atoms with Crippen LogP contribution in [0.4, 0.5) is 0 Å². The molecule has 1 heterocycles. The van der Waals surface area contributed by atoms with Crippen LogP contribution in [0, 0.1) is 5.41 Å². The van der Waals surface area contributed by atoms with Gasteiger partial charge in [0.2, 0.25) is 0 Å². The van der Waals surface area contributed by atoms with Gasteiger partial charge in [0.15, 0.2) is 6.10 Å². The van der Waals surface area contributed by atoms with Crippen molar-refractivity contribution in [1.29, 1.82) is 0 Å². The molecular formula is C9H10Br2O4. The molecule has 1 aliphatic rings. The summed E-state index contributed by atoms with van der Waals surface area (Å²) in [4.78, 5) is 22.8.